The minimum absolute atomic E-state index is 0.0925. The highest BCUT2D eigenvalue weighted by Gasteiger charge is 2.28. The Labute approximate surface area is 273 Å². The summed E-state index contributed by atoms with van der Waals surface area (Å²) >= 11 is 6.51. The number of amides is 2. The highest BCUT2D eigenvalue weighted by atomic mass is 35.5. The quantitative estimate of drug-likeness (QED) is 0.218. The van der Waals surface area contributed by atoms with Gasteiger partial charge in [0.1, 0.15) is 28.9 Å². The maximum Gasteiger partial charge on any atom is 0.410 e. The first-order chi connectivity index (χ1) is 21.7. The van der Waals surface area contributed by atoms with Crippen molar-refractivity contribution in [1.82, 2.24) is 14.2 Å². The van der Waals surface area contributed by atoms with Crippen LogP contribution in [0.25, 0.3) is 10.9 Å². The number of methoxy groups -OCH3 is 1. The average molecular weight is 669 g/mol. The van der Waals surface area contributed by atoms with Crippen molar-refractivity contribution >= 4 is 55.9 Å². The molecule has 13 heteroatoms. The van der Waals surface area contributed by atoms with Crippen LogP contribution < -0.4 is 19.5 Å². The van der Waals surface area contributed by atoms with Gasteiger partial charge in [-0.25, -0.2) is 17.9 Å². The van der Waals surface area contributed by atoms with Crippen molar-refractivity contribution < 1.29 is 32.2 Å². The van der Waals surface area contributed by atoms with Crippen LogP contribution in [0.5, 0.6) is 11.5 Å². The van der Waals surface area contributed by atoms with Crippen molar-refractivity contribution in [3.63, 3.8) is 0 Å². The van der Waals surface area contributed by atoms with Crippen molar-refractivity contribution in [2.24, 2.45) is 7.05 Å². The van der Waals surface area contributed by atoms with Gasteiger partial charge in [0.05, 0.1) is 22.5 Å². The van der Waals surface area contributed by atoms with Crippen LogP contribution in [0.4, 0.5) is 16.2 Å². The second-order valence-electron chi connectivity index (χ2n) is 12.0. The number of halogens is 1. The van der Waals surface area contributed by atoms with Crippen molar-refractivity contribution in [3.05, 3.63) is 77.4 Å². The second kappa shape index (κ2) is 13.1. The number of anilines is 2. The van der Waals surface area contributed by atoms with Gasteiger partial charge in [-0.3, -0.25) is 4.79 Å². The standard InChI is InChI=1S/C33H37ClN4O7S/c1-33(2,3)45-32(40)38-17-15-23(16-18-38)44-22-9-11-25(12-10-22)46(41,42)36-31(39)29-20-26-28(14-13-27(34)30(26)37(29)4)35-21-7-6-8-24(19-21)43-5/h6-14,19-20,23,35H,15-18H2,1-5H3,(H,36,39). The lowest BCUT2D eigenvalue weighted by atomic mass is 10.1. The van der Waals surface area contributed by atoms with Crippen LogP contribution in [0.2, 0.25) is 5.02 Å². The molecule has 0 aliphatic carbocycles. The molecular weight excluding hydrogens is 632 g/mol. The van der Waals surface area contributed by atoms with Gasteiger partial charge in [-0.15, -0.1) is 0 Å². The van der Waals surface area contributed by atoms with E-state index < -0.39 is 21.5 Å². The maximum atomic E-state index is 13.3. The predicted molar refractivity (Wildman–Crippen MR) is 177 cm³/mol. The van der Waals surface area contributed by atoms with Crippen LogP contribution in [-0.2, 0) is 21.8 Å². The molecule has 1 aliphatic heterocycles. The molecule has 0 saturated carbocycles. The molecule has 1 fully saturated rings. The summed E-state index contributed by atoms with van der Waals surface area (Å²) in [6.45, 7) is 6.47. The van der Waals surface area contributed by atoms with Gasteiger partial charge in [0.15, 0.2) is 0 Å². The first-order valence-corrected chi connectivity index (χ1v) is 16.6. The number of hydrogen-bond donors (Lipinski definition) is 2. The number of nitrogens with one attached hydrogen (secondary N) is 2. The number of nitrogens with zero attached hydrogens (tertiary/aromatic N) is 2. The largest absolute Gasteiger partial charge is 0.497 e. The first-order valence-electron chi connectivity index (χ1n) is 14.7. The minimum atomic E-state index is -4.21. The van der Waals surface area contributed by atoms with Gasteiger partial charge in [-0.2, -0.15) is 0 Å². The van der Waals surface area contributed by atoms with Gasteiger partial charge in [0, 0.05) is 55.8 Å². The zero-order chi connectivity index (χ0) is 33.2. The summed E-state index contributed by atoms with van der Waals surface area (Å²) in [6.07, 6.45) is 0.740. The molecule has 244 valence electrons. The fourth-order valence-electron chi connectivity index (χ4n) is 5.21. The molecule has 3 aromatic carbocycles. The van der Waals surface area contributed by atoms with E-state index in [-0.39, 0.29) is 22.8 Å². The van der Waals surface area contributed by atoms with E-state index >= 15 is 0 Å². The molecule has 0 radical (unpaired) electrons. The van der Waals surface area contributed by atoms with E-state index in [1.54, 1.807) is 54.0 Å². The molecule has 1 aliphatic rings. The minimum Gasteiger partial charge on any atom is -0.497 e. The Kier molecular flexibility index (Phi) is 9.41. The van der Waals surface area contributed by atoms with Crippen molar-refractivity contribution in [1.29, 1.82) is 0 Å². The van der Waals surface area contributed by atoms with E-state index in [1.165, 1.54) is 12.1 Å². The Bertz CT molecular complexity index is 1860. The summed E-state index contributed by atoms with van der Waals surface area (Å²) in [5.74, 6) is 0.355. The molecule has 0 atom stereocenters. The third-order valence-corrected chi connectivity index (χ3v) is 9.14. The molecule has 2 amide bonds. The Morgan fingerprint density at radius 2 is 1.65 bits per heavy atom. The number of fused-ring (bicyclic) bond motifs is 1. The molecule has 2 N–H and O–H groups in total. The molecule has 46 heavy (non-hydrogen) atoms. The molecule has 1 aromatic heterocycles. The Balaban J connectivity index is 1.25. The first kappa shape index (κ1) is 33.0. The number of aromatic nitrogens is 1. The van der Waals surface area contributed by atoms with E-state index in [4.69, 9.17) is 25.8 Å². The molecule has 4 aromatic rings. The summed E-state index contributed by atoms with van der Waals surface area (Å²) < 4.78 is 46.9. The lowest BCUT2D eigenvalue weighted by Crippen LogP contribution is -2.44. The van der Waals surface area contributed by atoms with E-state index in [0.29, 0.717) is 59.0 Å². The highest BCUT2D eigenvalue weighted by Crippen LogP contribution is 2.35. The molecule has 11 nitrogen and oxygen atoms in total. The van der Waals surface area contributed by atoms with Crippen LogP contribution in [0.1, 0.15) is 44.1 Å². The van der Waals surface area contributed by atoms with E-state index in [2.05, 4.69) is 10.0 Å². The fourth-order valence-corrected chi connectivity index (χ4v) is 6.46. The average Bonchev–Trinajstić information content (AvgIpc) is 3.36. The smallest absolute Gasteiger partial charge is 0.410 e. The van der Waals surface area contributed by atoms with E-state index in [9.17, 15) is 18.0 Å². The molecule has 0 bridgehead atoms. The zero-order valence-electron chi connectivity index (χ0n) is 26.3. The fraction of sp³-hybridized carbons (Fsp3) is 0.333. The number of ether oxygens (including phenoxy) is 3. The predicted octanol–water partition coefficient (Wildman–Crippen LogP) is 6.48. The molecule has 0 spiro atoms. The Morgan fingerprint density at radius 3 is 2.30 bits per heavy atom. The lowest BCUT2D eigenvalue weighted by Gasteiger charge is -2.33. The molecule has 5 rings (SSSR count). The van der Waals surface area contributed by atoms with E-state index in [0.717, 1.165) is 5.69 Å². The number of carbonyl (C=O) groups excluding carboxylic acids is 2. The number of piperidine rings is 1. The number of rotatable bonds is 8. The summed E-state index contributed by atoms with van der Waals surface area (Å²) in [7, 11) is -0.979. The third kappa shape index (κ3) is 7.51. The zero-order valence-corrected chi connectivity index (χ0v) is 27.9. The number of likely N-dealkylation sites (tertiary alicyclic amines) is 1. The topological polar surface area (TPSA) is 128 Å². The van der Waals surface area contributed by atoms with Crippen LogP contribution in [0.3, 0.4) is 0 Å². The molecular formula is C33H37ClN4O7S. The second-order valence-corrected chi connectivity index (χ2v) is 14.1. The number of aryl methyl sites for hydroxylation is 1. The van der Waals surface area contributed by atoms with Gasteiger partial charge in [-0.1, -0.05) is 17.7 Å². The van der Waals surface area contributed by atoms with Gasteiger partial charge in [-0.05, 0) is 75.4 Å². The van der Waals surface area contributed by atoms with E-state index in [1.807, 2.05) is 45.0 Å². The SMILES string of the molecule is COc1cccc(Nc2ccc(Cl)c3c2cc(C(=O)NS(=O)(=O)c2ccc(OC4CCN(C(=O)OC(C)(C)C)CC4)cc2)n3C)c1. The van der Waals surface area contributed by atoms with Crippen LogP contribution in [-0.4, -0.2) is 61.8 Å². The molecule has 2 heterocycles. The van der Waals surface area contributed by atoms with Crippen LogP contribution >= 0.6 is 11.6 Å². The molecule has 0 unspecified atom stereocenters. The lowest BCUT2D eigenvalue weighted by molar-refractivity contribution is 0.0126. The Morgan fingerprint density at radius 1 is 0.957 bits per heavy atom. The number of sulfonamides is 1. The summed E-state index contributed by atoms with van der Waals surface area (Å²) in [5, 5.41) is 4.36. The highest BCUT2D eigenvalue weighted by molar-refractivity contribution is 7.90. The van der Waals surface area contributed by atoms with Gasteiger partial charge in [0.2, 0.25) is 0 Å². The van der Waals surface area contributed by atoms with Crippen molar-refractivity contribution in [2.45, 2.75) is 50.2 Å². The van der Waals surface area contributed by atoms with Gasteiger partial charge < -0.3 is 29.0 Å². The van der Waals surface area contributed by atoms with Crippen LogP contribution in [0.15, 0.2) is 71.6 Å². The van der Waals surface area contributed by atoms with Gasteiger partial charge in [0.25, 0.3) is 15.9 Å². The summed E-state index contributed by atoms with van der Waals surface area (Å²) in [5.41, 5.74) is 1.55. The molecule has 1 saturated heterocycles. The Hall–Kier alpha value is -4.42. The monoisotopic (exact) mass is 668 g/mol. The normalized spacial score (nSPS) is 14.2. The third-order valence-electron chi connectivity index (χ3n) is 7.48. The maximum absolute atomic E-state index is 13.3. The van der Waals surface area contributed by atoms with Crippen molar-refractivity contribution in [2.75, 3.05) is 25.5 Å². The summed E-state index contributed by atoms with van der Waals surface area (Å²) in [4.78, 5) is 27.2. The van der Waals surface area contributed by atoms with Gasteiger partial charge >= 0.3 is 6.09 Å². The number of benzene rings is 3. The number of carbonyl (C=O) groups is 2. The summed E-state index contributed by atoms with van der Waals surface area (Å²) in [6, 6.07) is 18.3. The number of hydrogen-bond acceptors (Lipinski definition) is 8. The van der Waals surface area contributed by atoms with Crippen molar-refractivity contribution in [3.8, 4) is 11.5 Å². The van der Waals surface area contributed by atoms with Crippen LogP contribution in [0, 0.1) is 0 Å².